The molecular weight excluding hydrogens is 439 g/mol. The van der Waals surface area contributed by atoms with Crippen molar-refractivity contribution in [3.05, 3.63) is 65.2 Å². The second kappa shape index (κ2) is 9.43. The standard InChI is InChI=1S/C24H24F3NO5/c1-31-21-8-7-16(11-20(21)24(25,26)27)22(29)17-9-18-13-32-14-19(10-17)28(18)23(30)33-12-15-5-3-2-4-6-15/h2-8,11,17-19H,9-10,12-14H2,1H3. The van der Waals surface area contributed by atoms with Crippen molar-refractivity contribution in [2.75, 3.05) is 20.3 Å². The van der Waals surface area contributed by atoms with E-state index in [0.29, 0.717) is 12.8 Å². The smallest absolute Gasteiger partial charge is 0.419 e. The van der Waals surface area contributed by atoms with Crippen LogP contribution in [0, 0.1) is 5.92 Å². The molecule has 0 radical (unpaired) electrons. The van der Waals surface area contributed by atoms with Gasteiger partial charge in [-0.1, -0.05) is 30.3 Å². The first-order valence-corrected chi connectivity index (χ1v) is 10.6. The van der Waals surface area contributed by atoms with Gasteiger partial charge >= 0.3 is 12.3 Å². The van der Waals surface area contributed by atoms with Crippen LogP contribution in [0.2, 0.25) is 0 Å². The number of halogens is 3. The van der Waals surface area contributed by atoms with Crippen LogP contribution in [0.1, 0.15) is 34.3 Å². The highest BCUT2D eigenvalue weighted by Crippen LogP contribution is 2.39. The summed E-state index contributed by atoms with van der Waals surface area (Å²) in [6.07, 6.45) is -4.53. The molecule has 6 nitrogen and oxygen atoms in total. The van der Waals surface area contributed by atoms with Gasteiger partial charge in [0.05, 0.1) is 38.0 Å². The molecule has 2 fully saturated rings. The van der Waals surface area contributed by atoms with E-state index < -0.39 is 23.8 Å². The minimum atomic E-state index is -4.64. The average Bonchev–Trinajstić information content (AvgIpc) is 2.81. The van der Waals surface area contributed by atoms with Crippen molar-refractivity contribution in [2.45, 2.75) is 37.7 Å². The van der Waals surface area contributed by atoms with E-state index in [9.17, 15) is 22.8 Å². The number of carbonyl (C=O) groups excluding carboxylic acids is 2. The molecule has 4 rings (SSSR count). The van der Waals surface area contributed by atoms with Gasteiger partial charge in [-0.15, -0.1) is 0 Å². The number of ether oxygens (including phenoxy) is 3. The quantitative estimate of drug-likeness (QED) is 0.601. The Bertz CT molecular complexity index is 997. The monoisotopic (exact) mass is 463 g/mol. The summed E-state index contributed by atoms with van der Waals surface area (Å²) in [6.45, 7) is 0.624. The summed E-state index contributed by atoms with van der Waals surface area (Å²) in [7, 11) is 1.15. The Hall–Kier alpha value is -3.07. The molecule has 0 aromatic heterocycles. The fourth-order valence-electron chi connectivity index (χ4n) is 4.54. The van der Waals surface area contributed by atoms with E-state index >= 15 is 0 Å². The summed E-state index contributed by atoms with van der Waals surface area (Å²) in [5.41, 5.74) is -0.147. The number of amides is 1. The molecule has 0 aliphatic carbocycles. The second-order valence-electron chi connectivity index (χ2n) is 8.24. The number of fused-ring (bicyclic) bond motifs is 2. The maximum atomic E-state index is 13.4. The molecule has 2 saturated heterocycles. The highest BCUT2D eigenvalue weighted by molar-refractivity contribution is 5.98. The van der Waals surface area contributed by atoms with Crippen LogP contribution in [0.3, 0.4) is 0 Å². The summed E-state index contributed by atoms with van der Waals surface area (Å²) in [5, 5.41) is 0. The van der Waals surface area contributed by atoms with Crippen LogP contribution in [-0.2, 0) is 22.3 Å². The Morgan fingerprint density at radius 3 is 2.33 bits per heavy atom. The van der Waals surface area contributed by atoms with Gasteiger partial charge in [0.15, 0.2) is 5.78 Å². The lowest BCUT2D eigenvalue weighted by atomic mass is 9.80. The maximum Gasteiger partial charge on any atom is 0.419 e. The largest absolute Gasteiger partial charge is 0.496 e. The summed E-state index contributed by atoms with van der Waals surface area (Å²) in [6, 6.07) is 11.9. The van der Waals surface area contributed by atoms with E-state index in [1.165, 1.54) is 6.07 Å². The summed E-state index contributed by atoms with van der Waals surface area (Å²) in [5.74, 6) is -1.23. The van der Waals surface area contributed by atoms with Gasteiger partial charge in [0.25, 0.3) is 0 Å². The van der Waals surface area contributed by atoms with Gasteiger partial charge in [-0.25, -0.2) is 4.79 Å². The molecule has 2 aromatic rings. The first kappa shape index (κ1) is 23.1. The minimum absolute atomic E-state index is 0.0211. The number of rotatable bonds is 5. The number of nitrogens with zero attached hydrogens (tertiary/aromatic N) is 1. The normalized spacial score (nSPS) is 22.5. The third kappa shape index (κ3) is 4.98. The zero-order chi connectivity index (χ0) is 23.6. The lowest BCUT2D eigenvalue weighted by Gasteiger charge is -2.47. The van der Waals surface area contributed by atoms with Crippen molar-refractivity contribution < 1.29 is 37.0 Å². The zero-order valence-corrected chi connectivity index (χ0v) is 18.0. The SMILES string of the molecule is COc1ccc(C(=O)C2CC3COCC(C2)N3C(=O)OCc2ccccc2)cc1C(F)(F)F. The lowest BCUT2D eigenvalue weighted by Crippen LogP contribution is -2.59. The van der Waals surface area contributed by atoms with Crippen LogP contribution in [0.15, 0.2) is 48.5 Å². The van der Waals surface area contributed by atoms with E-state index in [-0.39, 0.29) is 49.0 Å². The van der Waals surface area contributed by atoms with E-state index in [1.807, 2.05) is 30.3 Å². The molecule has 2 heterocycles. The molecule has 0 N–H and O–H groups in total. The number of Topliss-reactive ketones (excluding diaryl/α,β-unsaturated/α-hetero) is 1. The molecule has 176 valence electrons. The van der Waals surface area contributed by atoms with Crippen molar-refractivity contribution in [1.82, 2.24) is 4.90 Å². The maximum absolute atomic E-state index is 13.4. The Labute approximate surface area is 189 Å². The molecule has 2 aliphatic rings. The van der Waals surface area contributed by atoms with Gasteiger partial charge in [-0.05, 0) is 36.6 Å². The number of ketones is 1. The van der Waals surface area contributed by atoms with Crippen LogP contribution < -0.4 is 4.74 Å². The van der Waals surface area contributed by atoms with Gasteiger partial charge in [-0.3, -0.25) is 9.69 Å². The number of hydrogen-bond acceptors (Lipinski definition) is 5. The van der Waals surface area contributed by atoms with E-state index in [0.717, 1.165) is 24.8 Å². The van der Waals surface area contributed by atoms with Crippen molar-refractivity contribution in [3.8, 4) is 5.75 Å². The number of alkyl halides is 3. The van der Waals surface area contributed by atoms with Gasteiger partial charge < -0.3 is 14.2 Å². The first-order valence-electron chi connectivity index (χ1n) is 10.6. The highest BCUT2D eigenvalue weighted by atomic mass is 19.4. The predicted molar refractivity (Wildman–Crippen MR) is 112 cm³/mol. The summed E-state index contributed by atoms with van der Waals surface area (Å²) >= 11 is 0. The van der Waals surface area contributed by atoms with Crippen LogP contribution in [0.25, 0.3) is 0 Å². The molecule has 0 spiro atoms. The van der Waals surface area contributed by atoms with Crippen molar-refractivity contribution in [2.24, 2.45) is 5.92 Å². The number of morpholine rings is 1. The number of piperidine rings is 1. The number of hydrogen-bond donors (Lipinski definition) is 0. The van der Waals surface area contributed by atoms with Crippen molar-refractivity contribution >= 4 is 11.9 Å². The molecule has 9 heteroatoms. The third-order valence-corrected chi connectivity index (χ3v) is 6.10. The van der Waals surface area contributed by atoms with Crippen LogP contribution in [-0.4, -0.2) is 49.2 Å². The van der Waals surface area contributed by atoms with E-state index in [2.05, 4.69) is 0 Å². The second-order valence-corrected chi connectivity index (χ2v) is 8.24. The Morgan fingerprint density at radius 1 is 1.06 bits per heavy atom. The minimum Gasteiger partial charge on any atom is -0.496 e. The Kier molecular flexibility index (Phi) is 6.60. The number of methoxy groups -OCH3 is 1. The molecule has 2 bridgehead atoms. The molecule has 0 saturated carbocycles. The van der Waals surface area contributed by atoms with E-state index in [1.54, 1.807) is 4.90 Å². The van der Waals surface area contributed by atoms with Gasteiger partial charge in [0, 0.05) is 11.5 Å². The van der Waals surface area contributed by atoms with Gasteiger partial charge in [-0.2, -0.15) is 13.2 Å². The Morgan fingerprint density at radius 2 is 1.73 bits per heavy atom. The zero-order valence-electron chi connectivity index (χ0n) is 18.0. The molecule has 2 aromatic carbocycles. The van der Waals surface area contributed by atoms with Crippen molar-refractivity contribution in [1.29, 1.82) is 0 Å². The molecule has 2 atom stereocenters. The van der Waals surface area contributed by atoms with Crippen molar-refractivity contribution in [3.63, 3.8) is 0 Å². The van der Waals surface area contributed by atoms with Crippen LogP contribution >= 0.6 is 0 Å². The molecular formula is C24H24F3NO5. The highest BCUT2D eigenvalue weighted by Gasteiger charge is 2.45. The number of carbonyl (C=O) groups is 2. The molecule has 1 amide bonds. The van der Waals surface area contributed by atoms with Gasteiger partial charge in [0.2, 0.25) is 0 Å². The fourth-order valence-corrected chi connectivity index (χ4v) is 4.54. The van der Waals surface area contributed by atoms with Gasteiger partial charge in [0.1, 0.15) is 12.4 Å². The third-order valence-electron chi connectivity index (χ3n) is 6.10. The predicted octanol–water partition coefficient (Wildman–Crippen LogP) is 4.71. The molecule has 2 unspecified atom stereocenters. The first-order chi connectivity index (χ1) is 15.8. The van der Waals surface area contributed by atoms with Crippen LogP contribution in [0.4, 0.5) is 18.0 Å². The summed E-state index contributed by atoms with van der Waals surface area (Å²) < 4.78 is 56.0. The Balaban J connectivity index is 1.47. The number of benzene rings is 2. The average molecular weight is 463 g/mol. The van der Waals surface area contributed by atoms with Crippen LogP contribution in [0.5, 0.6) is 5.75 Å². The lowest BCUT2D eigenvalue weighted by molar-refractivity contribution is -0.138. The molecule has 33 heavy (non-hydrogen) atoms. The van der Waals surface area contributed by atoms with E-state index in [4.69, 9.17) is 14.2 Å². The molecule has 2 aliphatic heterocycles. The fraction of sp³-hybridized carbons (Fsp3) is 0.417. The summed E-state index contributed by atoms with van der Waals surface area (Å²) in [4.78, 5) is 27.5. The topological polar surface area (TPSA) is 65.1 Å².